The summed E-state index contributed by atoms with van der Waals surface area (Å²) in [4.78, 5) is 10.7. The van der Waals surface area contributed by atoms with Crippen LogP contribution in [0.2, 0.25) is 5.02 Å². The molecule has 0 fully saturated rings. The zero-order chi connectivity index (χ0) is 11.9. The van der Waals surface area contributed by atoms with E-state index in [0.717, 1.165) is 0 Å². The number of fused-ring (bicyclic) bond motifs is 1. The third-order valence-corrected chi connectivity index (χ3v) is 3.77. The molecule has 16 heavy (non-hydrogen) atoms. The van der Waals surface area contributed by atoms with E-state index < -0.39 is 11.6 Å². The molecule has 4 nitrogen and oxygen atoms in total. The summed E-state index contributed by atoms with van der Waals surface area (Å²) >= 11 is 9.15. The minimum Gasteiger partial charge on any atom is -0.481 e. The third kappa shape index (κ3) is 1.90. The minimum atomic E-state index is -1.37. The minimum absolute atomic E-state index is 0.182. The van der Waals surface area contributed by atoms with Crippen molar-refractivity contribution in [2.75, 3.05) is 11.9 Å². The van der Waals surface area contributed by atoms with Gasteiger partial charge in [-0.1, -0.05) is 11.6 Å². The van der Waals surface area contributed by atoms with E-state index in [4.69, 9.17) is 16.7 Å². The maximum Gasteiger partial charge on any atom is 0.306 e. The van der Waals surface area contributed by atoms with Crippen molar-refractivity contribution in [3.63, 3.8) is 0 Å². The number of rotatable bonds is 2. The normalized spacial score (nSPS) is 22.7. The lowest BCUT2D eigenvalue weighted by molar-refractivity contribution is -0.142. The molecule has 3 N–H and O–H groups in total. The number of carbonyl (C=O) groups is 1. The summed E-state index contributed by atoms with van der Waals surface area (Å²) in [6, 6.07) is 3.32. The lowest BCUT2D eigenvalue weighted by Crippen LogP contribution is -2.30. The summed E-state index contributed by atoms with van der Waals surface area (Å²) in [5.41, 5.74) is -0.128. The predicted molar refractivity (Wildman–Crippen MR) is 63.8 cm³/mol. The Morgan fingerprint density at radius 3 is 2.94 bits per heavy atom. The van der Waals surface area contributed by atoms with Crippen molar-refractivity contribution in [2.24, 2.45) is 0 Å². The molecule has 1 aromatic rings. The standard InChI is InChI=1S/C10H9BrClNO3/c11-6-1-5-8(2-7(6)12)13-4-10(5,16)3-9(14)15/h1-2,13,16H,3-4H2,(H,14,15). The highest BCUT2D eigenvalue weighted by Gasteiger charge is 2.39. The van der Waals surface area contributed by atoms with Gasteiger partial charge in [-0.25, -0.2) is 0 Å². The SMILES string of the molecule is O=C(O)CC1(O)CNc2cc(Cl)c(Br)cc21. The van der Waals surface area contributed by atoms with Crippen LogP contribution in [0.1, 0.15) is 12.0 Å². The van der Waals surface area contributed by atoms with Gasteiger partial charge >= 0.3 is 5.97 Å². The van der Waals surface area contributed by atoms with Crippen LogP contribution in [0.5, 0.6) is 0 Å². The number of aliphatic carboxylic acids is 1. The molecule has 0 saturated carbocycles. The molecule has 1 unspecified atom stereocenters. The van der Waals surface area contributed by atoms with Crippen molar-refractivity contribution in [1.82, 2.24) is 0 Å². The highest BCUT2D eigenvalue weighted by Crippen LogP contribution is 2.41. The Kier molecular flexibility index (Phi) is 2.86. The Morgan fingerprint density at radius 1 is 1.62 bits per heavy atom. The first-order valence-electron chi connectivity index (χ1n) is 4.60. The van der Waals surface area contributed by atoms with E-state index in [1.165, 1.54) is 0 Å². The second-order valence-electron chi connectivity index (χ2n) is 3.77. The van der Waals surface area contributed by atoms with Crippen molar-refractivity contribution in [3.05, 3.63) is 27.2 Å². The van der Waals surface area contributed by atoms with Crippen LogP contribution in [0.4, 0.5) is 5.69 Å². The van der Waals surface area contributed by atoms with Crippen LogP contribution in [0.25, 0.3) is 0 Å². The summed E-state index contributed by atoms with van der Waals surface area (Å²) in [5.74, 6) is -1.04. The summed E-state index contributed by atoms with van der Waals surface area (Å²) < 4.78 is 0.639. The van der Waals surface area contributed by atoms with Crippen LogP contribution < -0.4 is 5.32 Å². The van der Waals surface area contributed by atoms with Gasteiger partial charge < -0.3 is 15.5 Å². The lowest BCUT2D eigenvalue weighted by atomic mass is 9.93. The number of aliphatic hydroxyl groups is 1. The molecule has 1 aliphatic rings. The van der Waals surface area contributed by atoms with Crippen molar-refractivity contribution in [1.29, 1.82) is 0 Å². The monoisotopic (exact) mass is 305 g/mol. The molecule has 0 bridgehead atoms. The number of halogens is 2. The van der Waals surface area contributed by atoms with Gasteiger partial charge in [0.05, 0.1) is 11.4 Å². The van der Waals surface area contributed by atoms with E-state index in [9.17, 15) is 9.90 Å². The van der Waals surface area contributed by atoms with Crippen molar-refractivity contribution in [3.8, 4) is 0 Å². The van der Waals surface area contributed by atoms with Crippen LogP contribution >= 0.6 is 27.5 Å². The molecular formula is C10H9BrClNO3. The predicted octanol–water partition coefficient (Wildman–Crippen LogP) is 2.19. The van der Waals surface area contributed by atoms with E-state index in [2.05, 4.69) is 21.2 Å². The quantitative estimate of drug-likeness (QED) is 0.783. The Balaban J connectivity index is 2.46. The second-order valence-corrected chi connectivity index (χ2v) is 5.03. The summed E-state index contributed by atoms with van der Waals surface area (Å²) in [5, 5.41) is 22.4. The first-order valence-corrected chi connectivity index (χ1v) is 5.77. The maximum atomic E-state index is 10.7. The highest BCUT2D eigenvalue weighted by atomic mass is 79.9. The number of anilines is 1. The average molecular weight is 307 g/mol. The Morgan fingerprint density at radius 2 is 2.31 bits per heavy atom. The Hall–Kier alpha value is -0.780. The van der Waals surface area contributed by atoms with Gasteiger partial charge in [0.25, 0.3) is 0 Å². The molecule has 0 amide bonds. The zero-order valence-electron chi connectivity index (χ0n) is 8.13. The van der Waals surface area contributed by atoms with E-state index in [0.29, 0.717) is 20.7 Å². The van der Waals surface area contributed by atoms with Gasteiger partial charge in [-0.15, -0.1) is 0 Å². The summed E-state index contributed by atoms with van der Waals surface area (Å²) in [7, 11) is 0. The number of benzene rings is 1. The van der Waals surface area contributed by atoms with E-state index in [1.807, 2.05) is 0 Å². The molecule has 1 heterocycles. The van der Waals surface area contributed by atoms with Gasteiger partial charge in [0, 0.05) is 22.3 Å². The molecule has 1 aromatic carbocycles. The Bertz CT molecular complexity index is 466. The molecule has 86 valence electrons. The first kappa shape index (κ1) is 11.7. The van der Waals surface area contributed by atoms with Gasteiger partial charge in [-0.2, -0.15) is 0 Å². The fourth-order valence-electron chi connectivity index (χ4n) is 1.82. The fourth-order valence-corrected chi connectivity index (χ4v) is 2.33. The molecule has 1 atom stereocenters. The molecule has 0 spiro atoms. The van der Waals surface area contributed by atoms with Gasteiger partial charge in [0.2, 0.25) is 0 Å². The van der Waals surface area contributed by atoms with E-state index >= 15 is 0 Å². The molecule has 2 rings (SSSR count). The molecular weight excluding hydrogens is 297 g/mol. The maximum absolute atomic E-state index is 10.7. The van der Waals surface area contributed by atoms with Crippen LogP contribution in [-0.4, -0.2) is 22.7 Å². The van der Waals surface area contributed by atoms with Gasteiger partial charge in [0.1, 0.15) is 5.60 Å². The Labute approximate surface area is 105 Å². The van der Waals surface area contributed by atoms with Crippen molar-refractivity contribution >= 4 is 39.2 Å². The van der Waals surface area contributed by atoms with Crippen LogP contribution in [0, 0.1) is 0 Å². The molecule has 6 heteroatoms. The number of hydrogen-bond donors (Lipinski definition) is 3. The second kappa shape index (κ2) is 3.91. The largest absolute Gasteiger partial charge is 0.481 e. The average Bonchev–Trinajstić information content (AvgIpc) is 2.45. The smallest absolute Gasteiger partial charge is 0.306 e. The van der Waals surface area contributed by atoms with Crippen LogP contribution in [0.15, 0.2) is 16.6 Å². The highest BCUT2D eigenvalue weighted by molar-refractivity contribution is 9.10. The number of hydrogen-bond acceptors (Lipinski definition) is 3. The van der Waals surface area contributed by atoms with Crippen molar-refractivity contribution in [2.45, 2.75) is 12.0 Å². The van der Waals surface area contributed by atoms with Gasteiger partial charge in [0.15, 0.2) is 0 Å². The molecule has 0 saturated heterocycles. The van der Waals surface area contributed by atoms with Crippen molar-refractivity contribution < 1.29 is 15.0 Å². The number of β-amino-alcohol motifs (C(OH)–C–C–N with tert-alkyl or cyclic N) is 1. The number of carboxylic acid groups (broad SMARTS) is 1. The van der Waals surface area contributed by atoms with Crippen LogP contribution in [-0.2, 0) is 10.4 Å². The summed E-state index contributed by atoms with van der Waals surface area (Å²) in [6.07, 6.45) is -0.332. The number of carboxylic acids is 1. The number of nitrogens with one attached hydrogen (secondary N) is 1. The lowest BCUT2D eigenvalue weighted by Gasteiger charge is -2.20. The fraction of sp³-hybridized carbons (Fsp3) is 0.300. The zero-order valence-corrected chi connectivity index (χ0v) is 10.5. The van der Waals surface area contributed by atoms with Crippen LogP contribution in [0.3, 0.4) is 0 Å². The summed E-state index contributed by atoms with van der Waals surface area (Å²) in [6.45, 7) is 0.182. The third-order valence-electron chi connectivity index (χ3n) is 2.58. The topological polar surface area (TPSA) is 69.6 Å². The molecule has 0 aromatic heterocycles. The molecule has 0 radical (unpaired) electrons. The van der Waals surface area contributed by atoms with E-state index in [1.54, 1.807) is 12.1 Å². The van der Waals surface area contributed by atoms with Gasteiger partial charge in [-0.3, -0.25) is 4.79 Å². The first-order chi connectivity index (χ1) is 7.42. The van der Waals surface area contributed by atoms with E-state index in [-0.39, 0.29) is 13.0 Å². The van der Waals surface area contributed by atoms with Gasteiger partial charge in [-0.05, 0) is 28.1 Å². The molecule has 0 aliphatic carbocycles. The molecule has 1 aliphatic heterocycles.